The first-order valence-electron chi connectivity index (χ1n) is 10.9. The van der Waals surface area contributed by atoms with Crippen molar-refractivity contribution in [3.8, 4) is 5.69 Å². The minimum atomic E-state index is -5.08. The second-order valence-electron chi connectivity index (χ2n) is 8.65. The summed E-state index contributed by atoms with van der Waals surface area (Å²) in [6.45, 7) is 1.25. The van der Waals surface area contributed by atoms with Crippen LogP contribution in [-0.2, 0) is 11.0 Å². The molecule has 0 unspecified atom stereocenters. The molecule has 200 valence electrons. The number of halogens is 6. The summed E-state index contributed by atoms with van der Waals surface area (Å²) in [6, 6.07) is 5.06. The molecule has 37 heavy (non-hydrogen) atoms. The van der Waals surface area contributed by atoms with E-state index in [0.29, 0.717) is 48.7 Å². The van der Waals surface area contributed by atoms with Crippen LogP contribution in [0.15, 0.2) is 30.5 Å². The van der Waals surface area contributed by atoms with Crippen molar-refractivity contribution >= 4 is 28.8 Å². The minimum absolute atomic E-state index is 0.0479. The number of hydrogen-bond donors (Lipinski definition) is 4. The number of fused-ring (bicyclic) bond motifs is 1. The van der Waals surface area contributed by atoms with E-state index in [1.54, 1.807) is 12.3 Å². The zero-order valence-corrected chi connectivity index (χ0v) is 18.8. The van der Waals surface area contributed by atoms with Crippen molar-refractivity contribution < 1.29 is 41.4 Å². The number of alkyl halides is 6. The predicted octanol–water partition coefficient (Wildman–Crippen LogP) is 2.55. The summed E-state index contributed by atoms with van der Waals surface area (Å²) in [5.41, 5.74) is 5.82. The molecule has 3 heterocycles. The van der Waals surface area contributed by atoms with Crippen LogP contribution in [0.4, 0.5) is 38.1 Å². The number of carboxylic acids is 1. The van der Waals surface area contributed by atoms with Gasteiger partial charge in [0.2, 0.25) is 5.95 Å². The van der Waals surface area contributed by atoms with Gasteiger partial charge in [-0.2, -0.15) is 41.4 Å². The predicted molar refractivity (Wildman–Crippen MR) is 118 cm³/mol. The lowest BCUT2D eigenvalue weighted by Gasteiger charge is -2.38. The zero-order valence-electron chi connectivity index (χ0n) is 18.8. The van der Waals surface area contributed by atoms with Crippen molar-refractivity contribution in [1.29, 1.82) is 0 Å². The number of benzene rings is 1. The first kappa shape index (κ1) is 26.4. The second kappa shape index (κ2) is 9.66. The molecule has 2 aromatic heterocycles. The molecular weight excluding hydrogens is 512 g/mol. The van der Waals surface area contributed by atoms with E-state index in [0.717, 1.165) is 12.1 Å². The molecule has 2 fully saturated rings. The van der Waals surface area contributed by atoms with E-state index in [-0.39, 0.29) is 23.9 Å². The maximum atomic E-state index is 13.2. The fraction of sp³-hybridized carbons (Fsp3) is 0.429. The third-order valence-electron chi connectivity index (χ3n) is 5.72. The summed E-state index contributed by atoms with van der Waals surface area (Å²) in [5, 5.41) is 24.8. The number of hydrogen-bond acceptors (Lipinski definition) is 8. The first-order valence-corrected chi connectivity index (χ1v) is 10.9. The molecule has 3 aromatic rings. The third kappa shape index (κ3) is 5.85. The second-order valence-corrected chi connectivity index (χ2v) is 8.65. The van der Waals surface area contributed by atoms with Gasteiger partial charge in [0.1, 0.15) is 5.82 Å². The Hall–Kier alpha value is -3.66. The Morgan fingerprint density at radius 1 is 1.11 bits per heavy atom. The summed E-state index contributed by atoms with van der Waals surface area (Å²) in [5.74, 6) is -1.77. The van der Waals surface area contributed by atoms with Gasteiger partial charge in [0.15, 0.2) is 5.65 Å². The Morgan fingerprint density at radius 2 is 1.76 bits per heavy atom. The Kier molecular flexibility index (Phi) is 6.89. The van der Waals surface area contributed by atoms with Gasteiger partial charge < -0.3 is 26.2 Å². The normalized spacial score (nSPS) is 20.1. The number of aliphatic hydroxyl groups excluding tert-OH is 1. The summed E-state index contributed by atoms with van der Waals surface area (Å²) < 4.78 is 72.6. The number of rotatable bonds is 4. The smallest absolute Gasteiger partial charge is 0.475 e. The Labute approximate surface area is 204 Å². The quantitative estimate of drug-likeness (QED) is 0.372. The highest BCUT2D eigenvalue weighted by Gasteiger charge is 2.38. The number of anilines is 2. The fourth-order valence-electron chi connectivity index (χ4n) is 3.78. The van der Waals surface area contributed by atoms with E-state index in [2.05, 4.69) is 20.4 Å². The van der Waals surface area contributed by atoms with Gasteiger partial charge in [-0.25, -0.2) is 9.48 Å². The average Bonchev–Trinajstić information content (AvgIpc) is 3.19. The van der Waals surface area contributed by atoms with E-state index in [9.17, 15) is 31.4 Å². The summed E-state index contributed by atoms with van der Waals surface area (Å²) >= 11 is 0. The first-order chi connectivity index (χ1) is 17.2. The zero-order chi connectivity index (χ0) is 27.1. The van der Waals surface area contributed by atoms with Crippen LogP contribution in [0.1, 0.15) is 18.4 Å². The van der Waals surface area contributed by atoms with Crippen LogP contribution in [-0.4, -0.2) is 73.4 Å². The molecular formula is C21H21F6N7O3. The van der Waals surface area contributed by atoms with Crippen molar-refractivity contribution in [3.05, 3.63) is 36.0 Å². The number of nitrogens with one attached hydrogen (secondary N) is 1. The van der Waals surface area contributed by atoms with Crippen molar-refractivity contribution in [2.24, 2.45) is 5.73 Å². The van der Waals surface area contributed by atoms with Gasteiger partial charge in [-0.15, -0.1) is 0 Å². The lowest BCUT2D eigenvalue weighted by molar-refractivity contribution is -0.192. The third-order valence-corrected chi connectivity index (χ3v) is 5.72. The van der Waals surface area contributed by atoms with Gasteiger partial charge in [-0.3, -0.25) is 0 Å². The Balaban J connectivity index is 0.000000405. The van der Waals surface area contributed by atoms with E-state index >= 15 is 0 Å². The minimum Gasteiger partial charge on any atom is -0.475 e. The van der Waals surface area contributed by atoms with Crippen molar-refractivity contribution in [1.82, 2.24) is 19.7 Å². The molecule has 5 N–H and O–H groups in total. The molecule has 16 heteroatoms. The van der Waals surface area contributed by atoms with Crippen LogP contribution in [0, 0.1) is 0 Å². The number of carboxylic acid groups (broad SMARTS) is 1. The molecule has 1 saturated heterocycles. The fourth-order valence-corrected chi connectivity index (χ4v) is 3.78. The van der Waals surface area contributed by atoms with Crippen LogP contribution in [0.5, 0.6) is 0 Å². The molecule has 5 rings (SSSR count). The van der Waals surface area contributed by atoms with Gasteiger partial charge in [0, 0.05) is 25.2 Å². The monoisotopic (exact) mass is 533 g/mol. The van der Waals surface area contributed by atoms with Crippen LogP contribution in [0.3, 0.4) is 0 Å². The maximum absolute atomic E-state index is 13.2. The topological polar surface area (TPSA) is 142 Å². The Morgan fingerprint density at radius 3 is 2.30 bits per heavy atom. The van der Waals surface area contributed by atoms with Crippen molar-refractivity contribution in [3.63, 3.8) is 0 Å². The van der Waals surface area contributed by atoms with Gasteiger partial charge in [0.25, 0.3) is 0 Å². The number of nitrogens with two attached hydrogens (primary N) is 1. The number of nitrogens with zero attached hydrogens (tertiary/aromatic N) is 5. The maximum Gasteiger partial charge on any atom is 0.490 e. The van der Waals surface area contributed by atoms with E-state index in [4.69, 9.17) is 15.6 Å². The average molecular weight is 533 g/mol. The van der Waals surface area contributed by atoms with E-state index in [1.165, 1.54) is 10.7 Å². The Bertz CT molecular complexity index is 1280. The standard InChI is InChI=1S/C19H20F3N7O.C2HF3O2/c20-19(21,22)10-2-1-3-13(4-10)29-17-15(7-24-29)16(28-8-11(23)9-28)26-18(27-17)25-12-5-14(30)6-12;3-2(4,5)1(6)7/h1-4,7,11-12,14,30H,5-6,8-9,23H2,(H,25,26,27);(H,6,7). The van der Waals surface area contributed by atoms with Crippen LogP contribution >= 0.6 is 0 Å². The summed E-state index contributed by atoms with van der Waals surface area (Å²) in [6.07, 6.45) is -7.12. The molecule has 1 aliphatic heterocycles. The largest absolute Gasteiger partial charge is 0.490 e. The van der Waals surface area contributed by atoms with Gasteiger partial charge in [-0.05, 0) is 31.0 Å². The lowest BCUT2D eigenvalue weighted by Crippen LogP contribution is -2.56. The molecule has 0 bridgehead atoms. The van der Waals surface area contributed by atoms with Gasteiger partial charge >= 0.3 is 18.3 Å². The molecule has 10 nitrogen and oxygen atoms in total. The molecule has 1 aromatic carbocycles. The number of carbonyl (C=O) groups is 1. The highest BCUT2D eigenvalue weighted by atomic mass is 19.4. The highest BCUT2D eigenvalue weighted by Crippen LogP contribution is 2.33. The number of aromatic nitrogens is 4. The SMILES string of the molecule is NC1CN(c2nc(NC3CC(O)C3)nc3c2cnn3-c2cccc(C(F)(F)F)c2)C1.O=C(O)C(F)(F)F. The summed E-state index contributed by atoms with van der Waals surface area (Å²) in [4.78, 5) is 20.0. The molecule has 1 aliphatic carbocycles. The van der Waals surface area contributed by atoms with Crippen LogP contribution in [0.2, 0.25) is 0 Å². The molecule has 1 saturated carbocycles. The number of aliphatic hydroxyl groups is 1. The van der Waals surface area contributed by atoms with Gasteiger partial charge in [-0.1, -0.05) is 6.07 Å². The van der Waals surface area contributed by atoms with Gasteiger partial charge in [0.05, 0.1) is 28.9 Å². The molecule has 0 amide bonds. The molecule has 0 atom stereocenters. The number of aliphatic carboxylic acids is 1. The summed E-state index contributed by atoms with van der Waals surface area (Å²) in [7, 11) is 0. The lowest BCUT2D eigenvalue weighted by atomic mass is 9.90. The molecule has 0 spiro atoms. The molecule has 0 radical (unpaired) electrons. The molecule has 2 aliphatic rings. The van der Waals surface area contributed by atoms with E-state index in [1.807, 2.05) is 4.90 Å². The van der Waals surface area contributed by atoms with Crippen LogP contribution < -0.4 is 16.0 Å². The van der Waals surface area contributed by atoms with Crippen molar-refractivity contribution in [2.45, 2.75) is 43.4 Å². The van der Waals surface area contributed by atoms with Crippen LogP contribution in [0.25, 0.3) is 16.7 Å². The van der Waals surface area contributed by atoms with E-state index < -0.39 is 23.9 Å². The van der Waals surface area contributed by atoms with Crippen molar-refractivity contribution in [2.75, 3.05) is 23.3 Å². The highest BCUT2D eigenvalue weighted by molar-refractivity contribution is 5.89.